The van der Waals surface area contributed by atoms with Crippen molar-refractivity contribution in [3.05, 3.63) is 24.5 Å². The fraction of sp³-hybridized carbons (Fsp3) is 0.500. The van der Waals surface area contributed by atoms with Crippen LogP contribution in [0.4, 0.5) is 5.82 Å². The maximum Gasteiger partial charge on any atom is 0.328 e. The molecular weight excluding hydrogens is 424 g/mol. The van der Waals surface area contributed by atoms with Gasteiger partial charge >= 0.3 is 5.97 Å². The fourth-order valence-electron chi connectivity index (χ4n) is 4.37. The van der Waals surface area contributed by atoms with Crippen molar-refractivity contribution in [3.63, 3.8) is 0 Å². The van der Waals surface area contributed by atoms with Gasteiger partial charge in [-0.05, 0) is 26.7 Å². The molecule has 1 saturated carbocycles. The minimum Gasteiger partial charge on any atom is -0.467 e. The van der Waals surface area contributed by atoms with Gasteiger partial charge in [-0.2, -0.15) is 0 Å². The van der Waals surface area contributed by atoms with E-state index in [0.29, 0.717) is 48.1 Å². The lowest BCUT2D eigenvalue weighted by Gasteiger charge is -2.22. The minimum absolute atomic E-state index is 0.0273. The number of nitrogens with one attached hydrogen (secondary N) is 1. The molecule has 3 aromatic rings. The Morgan fingerprint density at radius 1 is 1.18 bits per heavy atom. The molecule has 0 bridgehead atoms. The summed E-state index contributed by atoms with van der Waals surface area (Å²) in [4.78, 5) is 49.0. The molecule has 1 saturated heterocycles. The van der Waals surface area contributed by atoms with Crippen LogP contribution < -0.4 is 5.32 Å². The van der Waals surface area contributed by atoms with Crippen LogP contribution in [0.15, 0.2) is 18.7 Å². The van der Waals surface area contributed by atoms with Crippen LogP contribution >= 0.6 is 0 Å². The normalized spacial score (nSPS) is 20.3. The molecule has 33 heavy (non-hydrogen) atoms. The highest BCUT2D eigenvalue weighted by Crippen LogP contribution is 2.35. The van der Waals surface area contributed by atoms with Crippen molar-refractivity contribution in [1.29, 1.82) is 0 Å². The Hall–Kier alpha value is -3.63. The quantitative estimate of drug-likeness (QED) is 0.557. The van der Waals surface area contributed by atoms with Gasteiger partial charge in [0.05, 0.1) is 12.7 Å². The van der Waals surface area contributed by atoms with E-state index < -0.39 is 12.0 Å². The summed E-state index contributed by atoms with van der Waals surface area (Å²) in [6, 6.07) is -0.751. The van der Waals surface area contributed by atoms with E-state index in [1.54, 1.807) is 17.3 Å². The zero-order chi connectivity index (χ0) is 23.1. The van der Waals surface area contributed by atoms with Crippen LogP contribution in [-0.2, 0) is 20.9 Å². The molecule has 3 aromatic heterocycles. The van der Waals surface area contributed by atoms with Crippen molar-refractivity contribution in [2.75, 3.05) is 19.0 Å². The summed E-state index contributed by atoms with van der Waals surface area (Å²) in [5, 5.41) is 3.40. The SMILES string of the molecule is CCn1c(-c2cnc(C)nc2)nc2c(NC3C[C@H](C(=O)OC)N(C(=O)C4CC4)C3)ncnc21. The van der Waals surface area contributed by atoms with Gasteiger partial charge in [0.2, 0.25) is 5.91 Å². The monoisotopic (exact) mass is 450 g/mol. The molecule has 1 aliphatic carbocycles. The van der Waals surface area contributed by atoms with Gasteiger partial charge < -0.3 is 19.5 Å². The molecule has 172 valence electrons. The number of hydrogen-bond donors (Lipinski definition) is 1. The highest BCUT2D eigenvalue weighted by Gasteiger charge is 2.45. The molecular formula is C22H26N8O3. The van der Waals surface area contributed by atoms with Crippen LogP contribution in [0.2, 0.25) is 0 Å². The number of hydrogen-bond acceptors (Lipinski definition) is 9. The number of fused-ring (bicyclic) bond motifs is 1. The standard InChI is InChI=1S/C22H26N8O3/c1-4-29-19(14-8-23-12(2)24-9-14)28-17-18(25-11-26-20(17)29)27-15-7-16(22(32)33-3)30(10-15)21(31)13-5-6-13/h8-9,11,13,15-16H,4-7,10H2,1-3H3,(H,25,26,27)/t15?,16-/m1/s1. The van der Waals surface area contributed by atoms with Gasteiger partial charge in [-0.15, -0.1) is 0 Å². The third kappa shape index (κ3) is 3.87. The molecule has 1 aliphatic heterocycles. The first-order valence-electron chi connectivity index (χ1n) is 11.1. The summed E-state index contributed by atoms with van der Waals surface area (Å²) >= 11 is 0. The van der Waals surface area contributed by atoms with Crippen LogP contribution in [0.5, 0.6) is 0 Å². The number of anilines is 1. The third-order valence-electron chi connectivity index (χ3n) is 6.21. The summed E-state index contributed by atoms with van der Waals surface area (Å²) in [6.45, 7) is 4.93. The summed E-state index contributed by atoms with van der Waals surface area (Å²) < 4.78 is 6.95. The van der Waals surface area contributed by atoms with Gasteiger partial charge in [0, 0.05) is 43.9 Å². The van der Waals surface area contributed by atoms with Crippen molar-refractivity contribution in [1.82, 2.24) is 34.4 Å². The number of esters is 1. The third-order valence-corrected chi connectivity index (χ3v) is 6.21. The van der Waals surface area contributed by atoms with Crippen molar-refractivity contribution >= 4 is 28.9 Å². The van der Waals surface area contributed by atoms with Crippen LogP contribution in [0.25, 0.3) is 22.6 Å². The van der Waals surface area contributed by atoms with E-state index in [1.165, 1.54) is 13.4 Å². The second-order valence-electron chi connectivity index (χ2n) is 8.47. The topological polar surface area (TPSA) is 128 Å². The van der Waals surface area contributed by atoms with Crippen LogP contribution in [0.1, 0.15) is 32.0 Å². The first kappa shape index (κ1) is 21.2. The Balaban J connectivity index is 1.46. The number of imidazole rings is 1. The van der Waals surface area contributed by atoms with Gasteiger partial charge in [0.15, 0.2) is 17.0 Å². The van der Waals surface area contributed by atoms with E-state index in [2.05, 4.69) is 25.3 Å². The predicted octanol–water partition coefficient (Wildman–Crippen LogP) is 1.58. The first-order valence-corrected chi connectivity index (χ1v) is 11.1. The number of nitrogens with zero attached hydrogens (tertiary/aromatic N) is 7. The molecule has 0 radical (unpaired) electrons. The lowest BCUT2D eigenvalue weighted by atomic mass is 10.1. The summed E-state index contributed by atoms with van der Waals surface area (Å²) in [7, 11) is 1.35. The van der Waals surface area contributed by atoms with Gasteiger partial charge in [-0.3, -0.25) is 4.79 Å². The number of aromatic nitrogens is 6. The smallest absolute Gasteiger partial charge is 0.328 e. The maximum atomic E-state index is 12.8. The number of carbonyl (C=O) groups excluding carboxylic acids is 2. The predicted molar refractivity (Wildman–Crippen MR) is 119 cm³/mol. The van der Waals surface area contributed by atoms with Crippen LogP contribution in [0.3, 0.4) is 0 Å². The lowest BCUT2D eigenvalue weighted by molar-refractivity contribution is -0.151. The Morgan fingerprint density at radius 3 is 2.61 bits per heavy atom. The van der Waals surface area contributed by atoms with E-state index in [-0.39, 0.29) is 17.9 Å². The molecule has 1 unspecified atom stereocenters. The molecule has 0 spiro atoms. The zero-order valence-corrected chi connectivity index (χ0v) is 18.9. The fourth-order valence-corrected chi connectivity index (χ4v) is 4.37. The molecule has 5 rings (SSSR count). The summed E-state index contributed by atoms with van der Waals surface area (Å²) in [5.41, 5.74) is 2.11. The number of likely N-dealkylation sites (tertiary alicyclic amines) is 1. The minimum atomic E-state index is -0.591. The molecule has 4 heterocycles. The molecule has 2 aliphatic rings. The highest BCUT2D eigenvalue weighted by atomic mass is 16.5. The van der Waals surface area contributed by atoms with Gasteiger partial charge in [-0.1, -0.05) is 0 Å². The van der Waals surface area contributed by atoms with Crippen molar-refractivity contribution in [2.45, 2.75) is 51.7 Å². The second kappa shape index (κ2) is 8.38. The van der Waals surface area contributed by atoms with E-state index in [4.69, 9.17) is 9.72 Å². The lowest BCUT2D eigenvalue weighted by Crippen LogP contribution is -2.42. The van der Waals surface area contributed by atoms with E-state index in [9.17, 15) is 9.59 Å². The van der Waals surface area contributed by atoms with Crippen LogP contribution in [0, 0.1) is 12.8 Å². The Labute approximate surface area is 190 Å². The van der Waals surface area contributed by atoms with Crippen LogP contribution in [-0.4, -0.2) is 72.0 Å². The Bertz CT molecular complexity index is 1200. The molecule has 1 amide bonds. The summed E-state index contributed by atoms with van der Waals surface area (Å²) in [6.07, 6.45) is 7.20. The molecule has 2 atom stereocenters. The maximum absolute atomic E-state index is 12.8. The Morgan fingerprint density at radius 2 is 1.94 bits per heavy atom. The second-order valence-corrected chi connectivity index (χ2v) is 8.47. The molecule has 11 heteroatoms. The number of carbonyl (C=O) groups is 2. The number of rotatable bonds is 6. The number of aryl methyl sites for hydroxylation is 2. The van der Waals surface area contributed by atoms with Gasteiger partial charge in [-0.25, -0.2) is 29.7 Å². The first-order chi connectivity index (χ1) is 16.0. The van der Waals surface area contributed by atoms with Crippen molar-refractivity contribution < 1.29 is 14.3 Å². The van der Waals surface area contributed by atoms with Gasteiger partial charge in [0.1, 0.15) is 24.0 Å². The van der Waals surface area contributed by atoms with Crippen molar-refractivity contribution in [3.8, 4) is 11.4 Å². The van der Waals surface area contributed by atoms with E-state index in [0.717, 1.165) is 18.4 Å². The zero-order valence-electron chi connectivity index (χ0n) is 18.9. The Kier molecular flexibility index (Phi) is 5.39. The molecule has 0 aromatic carbocycles. The van der Waals surface area contributed by atoms with E-state index in [1.807, 2.05) is 18.4 Å². The van der Waals surface area contributed by atoms with Crippen molar-refractivity contribution in [2.24, 2.45) is 5.92 Å². The largest absolute Gasteiger partial charge is 0.467 e. The molecule has 2 fully saturated rings. The summed E-state index contributed by atoms with van der Waals surface area (Å²) in [5.74, 6) is 1.63. The van der Waals surface area contributed by atoms with E-state index >= 15 is 0 Å². The average molecular weight is 451 g/mol. The number of methoxy groups -OCH3 is 1. The number of ether oxygens (including phenoxy) is 1. The number of amides is 1. The molecule has 11 nitrogen and oxygen atoms in total. The molecule has 1 N–H and O–H groups in total. The highest BCUT2D eigenvalue weighted by molar-refractivity contribution is 5.89. The average Bonchev–Trinajstić information content (AvgIpc) is 3.48. The van der Waals surface area contributed by atoms with Gasteiger partial charge in [0.25, 0.3) is 0 Å².